The molecule has 0 radical (unpaired) electrons. The number of nitrogens with one attached hydrogen (secondary N) is 1. The van der Waals surface area contributed by atoms with Crippen LogP contribution in [0.5, 0.6) is 0 Å². The monoisotopic (exact) mass is 385 g/mol. The van der Waals surface area contributed by atoms with E-state index in [0.717, 1.165) is 53.4 Å². The Morgan fingerprint density at radius 1 is 1.26 bits per heavy atom. The molecule has 3 heterocycles. The molecule has 1 saturated heterocycles. The van der Waals surface area contributed by atoms with Gasteiger partial charge in [-0.05, 0) is 18.9 Å². The number of amides is 1. The standard InChI is InChI=1S/C19H23N5O2S/c1-26-11-10-24-18(15-12-20-16-7-3-2-6-14(15)16)21-22-19(24)27-13-17(25)23-8-4-5-9-23/h2-3,6-7,12,20H,4-5,8-11,13H2,1H3. The summed E-state index contributed by atoms with van der Waals surface area (Å²) in [7, 11) is 1.68. The lowest BCUT2D eigenvalue weighted by Gasteiger charge is -2.15. The van der Waals surface area contributed by atoms with Crippen LogP contribution in [0.15, 0.2) is 35.6 Å². The number of ether oxygens (including phenoxy) is 1. The predicted molar refractivity (Wildman–Crippen MR) is 106 cm³/mol. The van der Waals surface area contributed by atoms with E-state index in [9.17, 15) is 4.79 Å². The Morgan fingerprint density at radius 2 is 2.07 bits per heavy atom. The first-order valence-electron chi connectivity index (χ1n) is 9.17. The van der Waals surface area contributed by atoms with Crippen LogP contribution in [0.1, 0.15) is 12.8 Å². The average molecular weight is 385 g/mol. The topological polar surface area (TPSA) is 76.0 Å². The molecule has 0 bridgehead atoms. The number of aromatic amines is 1. The van der Waals surface area contributed by atoms with Gasteiger partial charge in [-0.3, -0.25) is 9.36 Å². The molecule has 7 nitrogen and oxygen atoms in total. The first-order valence-corrected chi connectivity index (χ1v) is 10.2. The maximum Gasteiger partial charge on any atom is 0.233 e. The zero-order valence-corrected chi connectivity index (χ0v) is 16.2. The zero-order chi connectivity index (χ0) is 18.6. The molecule has 1 N–H and O–H groups in total. The molecule has 1 amide bonds. The van der Waals surface area contributed by atoms with Crippen LogP contribution in [0.2, 0.25) is 0 Å². The molecule has 0 aliphatic carbocycles. The summed E-state index contributed by atoms with van der Waals surface area (Å²) in [4.78, 5) is 17.6. The number of hydrogen-bond donors (Lipinski definition) is 1. The van der Waals surface area contributed by atoms with Gasteiger partial charge >= 0.3 is 0 Å². The Labute approximate surface area is 162 Å². The van der Waals surface area contributed by atoms with Gasteiger partial charge < -0.3 is 14.6 Å². The largest absolute Gasteiger partial charge is 0.383 e. The fourth-order valence-corrected chi connectivity index (χ4v) is 4.29. The minimum atomic E-state index is 0.174. The summed E-state index contributed by atoms with van der Waals surface area (Å²) >= 11 is 1.45. The van der Waals surface area contributed by atoms with E-state index >= 15 is 0 Å². The lowest BCUT2D eigenvalue weighted by atomic mass is 10.1. The van der Waals surface area contributed by atoms with Crippen molar-refractivity contribution in [2.24, 2.45) is 0 Å². The molecule has 0 spiro atoms. The van der Waals surface area contributed by atoms with Crippen molar-refractivity contribution in [3.05, 3.63) is 30.5 Å². The fourth-order valence-electron chi connectivity index (χ4n) is 3.42. The van der Waals surface area contributed by atoms with Crippen LogP contribution in [0.25, 0.3) is 22.3 Å². The maximum absolute atomic E-state index is 12.4. The highest BCUT2D eigenvalue weighted by Gasteiger charge is 2.21. The van der Waals surface area contributed by atoms with E-state index in [4.69, 9.17) is 4.74 Å². The highest BCUT2D eigenvalue weighted by atomic mass is 32.2. The Bertz CT molecular complexity index is 929. The predicted octanol–water partition coefficient (Wildman–Crippen LogP) is 2.79. The van der Waals surface area contributed by atoms with Crippen molar-refractivity contribution in [3.63, 3.8) is 0 Å². The second kappa shape index (κ2) is 8.14. The fraction of sp³-hybridized carbons (Fsp3) is 0.421. The van der Waals surface area contributed by atoms with E-state index in [1.165, 1.54) is 11.8 Å². The van der Waals surface area contributed by atoms with Crippen molar-refractivity contribution >= 4 is 28.6 Å². The van der Waals surface area contributed by atoms with Crippen LogP contribution in [-0.4, -0.2) is 63.1 Å². The number of fused-ring (bicyclic) bond motifs is 1. The van der Waals surface area contributed by atoms with E-state index in [1.807, 2.05) is 33.9 Å². The molecule has 2 aromatic heterocycles. The maximum atomic E-state index is 12.4. The molecule has 1 aliphatic heterocycles. The normalized spacial score (nSPS) is 14.3. The van der Waals surface area contributed by atoms with Crippen LogP contribution < -0.4 is 0 Å². The molecular weight excluding hydrogens is 362 g/mol. The lowest BCUT2D eigenvalue weighted by Crippen LogP contribution is -2.29. The van der Waals surface area contributed by atoms with Gasteiger partial charge in [0, 0.05) is 42.9 Å². The quantitative estimate of drug-likeness (QED) is 0.633. The van der Waals surface area contributed by atoms with Crippen molar-refractivity contribution in [1.29, 1.82) is 0 Å². The van der Waals surface area contributed by atoms with Crippen molar-refractivity contribution in [2.75, 3.05) is 32.6 Å². The number of benzene rings is 1. The third kappa shape index (κ3) is 3.72. The average Bonchev–Trinajstić information content (AvgIpc) is 3.43. The third-order valence-electron chi connectivity index (χ3n) is 4.85. The van der Waals surface area contributed by atoms with E-state index in [2.05, 4.69) is 21.2 Å². The number of likely N-dealkylation sites (tertiary alicyclic amines) is 1. The molecule has 4 rings (SSSR count). The number of carbonyl (C=O) groups excluding carboxylic acids is 1. The van der Waals surface area contributed by atoms with Gasteiger partial charge in [-0.25, -0.2) is 0 Å². The Balaban J connectivity index is 1.59. The molecular formula is C19H23N5O2S. The summed E-state index contributed by atoms with van der Waals surface area (Å²) in [5.74, 6) is 1.35. The zero-order valence-electron chi connectivity index (χ0n) is 15.4. The van der Waals surface area contributed by atoms with Gasteiger partial charge in [0.1, 0.15) is 0 Å². The van der Waals surface area contributed by atoms with Crippen molar-refractivity contribution < 1.29 is 9.53 Å². The van der Waals surface area contributed by atoms with E-state index in [-0.39, 0.29) is 5.91 Å². The number of nitrogens with zero attached hydrogens (tertiary/aromatic N) is 4. The third-order valence-corrected chi connectivity index (χ3v) is 5.80. The lowest BCUT2D eigenvalue weighted by molar-refractivity contribution is -0.127. The minimum Gasteiger partial charge on any atom is -0.383 e. The highest BCUT2D eigenvalue weighted by Crippen LogP contribution is 2.30. The van der Waals surface area contributed by atoms with Gasteiger partial charge in [0.05, 0.1) is 18.9 Å². The Morgan fingerprint density at radius 3 is 2.89 bits per heavy atom. The molecule has 27 heavy (non-hydrogen) atoms. The molecule has 1 aliphatic rings. The number of aromatic nitrogens is 4. The number of rotatable bonds is 7. The molecule has 0 saturated carbocycles. The van der Waals surface area contributed by atoms with Crippen LogP contribution >= 0.6 is 11.8 Å². The molecule has 142 valence electrons. The van der Waals surface area contributed by atoms with Crippen LogP contribution in [-0.2, 0) is 16.1 Å². The Hall–Kier alpha value is -2.32. The van der Waals surface area contributed by atoms with Crippen molar-refractivity contribution in [1.82, 2.24) is 24.6 Å². The SMILES string of the molecule is COCCn1c(SCC(=O)N2CCCC2)nnc1-c1c[nH]c2ccccc12. The number of para-hydroxylation sites is 1. The minimum absolute atomic E-state index is 0.174. The van der Waals surface area contributed by atoms with Gasteiger partial charge in [-0.1, -0.05) is 30.0 Å². The van der Waals surface area contributed by atoms with Crippen LogP contribution in [0, 0.1) is 0 Å². The number of thioether (sulfide) groups is 1. The summed E-state index contributed by atoms with van der Waals surface area (Å²) in [5, 5.41) is 10.6. The van der Waals surface area contributed by atoms with Gasteiger partial charge in [0.25, 0.3) is 0 Å². The molecule has 1 fully saturated rings. The first kappa shape index (κ1) is 18.1. The molecule has 0 unspecified atom stereocenters. The van der Waals surface area contributed by atoms with Crippen LogP contribution in [0.4, 0.5) is 0 Å². The summed E-state index contributed by atoms with van der Waals surface area (Å²) in [6.45, 7) is 2.94. The highest BCUT2D eigenvalue weighted by molar-refractivity contribution is 7.99. The molecule has 1 aromatic carbocycles. The molecule has 8 heteroatoms. The van der Waals surface area contributed by atoms with Crippen LogP contribution in [0.3, 0.4) is 0 Å². The second-order valence-electron chi connectivity index (χ2n) is 6.58. The van der Waals surface area contributed by atoms with Gasteiger partial charge in [-0.15, -0.1) is 10.2 Å². The van der Waals surface area contributed by atoms with Gasteiger partial charge in [0.2, 0.25) is 5.91 Å². The number of H-pyrrole nitrogens is 1. The summed E-state index contributed by atoms with van der Waals surface area (Å²) in [6, 6.07) is 8.13. The number of methoxy groups -OCH3 is 1. The summed E-state index contributed by atoms with van der Waals surface area (Å²) in [6.07, 6.45) is 4.16. The second-order valence-corrected chi connectivity index (χ2v) is 7.52. The Kier molecular flexibility index (Phi) is 5.45. The van der Waals surface area contributed by atoms with E-state index in [0.29, 0.717) is 18.9 Å². The molecule has 0 atom stereocenters. The molecule has 3 aromatic rings. The first-order chi connectivity index (χ1) is 13.3. The number of carbonyl (C=O) groups is 1. The number of hydrogen-bond acceptors (Lipinski definition) is 5. The summed E-state index contributed by atoms with van der Waals surface area (Å²) < 4.78 is 7.31. The van der Waals surface area contributed by atoms with Crippen molar-refractivity contribution in [2.45, 2.75) is 24.5 Å². The van der Waals surface area contributed by atoms with Gasteiger partial charge in [-0.2, -0.15) is 0 Å². The van der Waals surface area contributed by atoms with E-state index < -0.39 is 0 Å². The van der Waals surface area contributed by atoms with Crippen molar-refractivity contribution in [3.8, 4) is 11.4 Å². The smallest absolute Gasteiger partial charge is 0.233 e. The van der Waals surface area contributed by atoms with Gasteiger partial charge in [0.15, 0.2) is 11.0 Å². The van der Waals surface area contributed by atoms with E-state index in [1.54, 1.807) is 7.11 Å². The summed E-state index contributed by atoms with van der Waals surface area (Å²) in [5.41, 5.74) is 2.07.